The monoisotopic (exact) mass is 397 g/mol. The van der Waals surface area contributed by atoms with E-state index in [4.69, 9.17) is 9.68 Å². The molecule has 2 aromatic heterocycles. The van der Waals surface area contributed by atoms with Crippen LogP contribution in [0.3, 0.4) is 0 Å². The van der Waals surface area contributed by atoms with Gasteiger partial charge in [0.25, 0.3) is 11.1 Å². The van der Waals surface area contributed by atoms with E-state index in [0.29, 0.717) is 11.5 Å². The molecule has 0 aromatic carbocycles. The number of furan rings is 1. The van der Waals surface area contributed by atoms with Crippen LogP contribution >= 0.6 is 11.5 Å². The maximum Gasteiger partial charge on any atom is 0.433 e. The number of carbonyl (C=O) groups excluding carboxylic acids is 1. The molecule has 0 radical (unpaired) electrons. The van der Waals surface area contributed by atoms with Crippen molar-refractivity contribution in [2.24, 2.45) is 0 Å². The van der Waals surface area contributed by atoms with Crippen molar-refractivity contribution in [1.29, 1.82) is 5.26 Å². The molecule has 26 heavy (non-hydrogen) atoms. The van der Waals surface area contributed by atoms with Gasteiger partial charge in [0.15, 0.2) is 0 Å². The minimum absolute atomic E-state index is 0.0660. The van der Waals surface area contributed by atoms with E-state index in [0.717, 1.165) is 12.1 Å². The van der Waals surface area contributed by atoms with Crippen molar-refractivity contribution in [1.82, 2.24) is 9.36 Å². The molecule has 2 rings (SSSR count). The predicted molar refractivity (Wildman–Crippen MR) is 89.8 cm³/mol. The number of rotatable bonds is 6. The fraction of sp³-hybridized carbons (Fsp3) is 0.231. The number of hydrogen-bond acceptors (Lipinski definition) is 10. The zero-order chi connectivity index (χ0) is 19.5. The van der Waals surface area contributed by atoms with Gasteiger partial charge >= 0.3 is 5.88 Å². The molecule has 1 amide bonds. The van der Waals surface area contributed by atoms with Crippen molar-refractivity contribution in [2.45, 2.75) is 24.3 Å². The molecule has 0 aliphatic rings. The second kappa shape index (κ2) is 7.42. The Balaban J connectivity index is 2.20. The Morgan fingerprint density at radius 3 is 2.73 bits per heavy atom. The van der Waals surface area contributed by atoms with Crippen LogP contribution in [0, 0.1) is 21.4 Å². The second-order valence-electron chi connectivity index (χ2n) is 5.03. The SMILES string of the molecule is CC(C)S(=O)(=O)c1nsc(NC(=O)/C(C#N)=C\c2ccc([N+](=O)[O-])o2)n1. The van der Waals surface area contributed by atoms with E-state index in [2.05, 4.69) is 14.7 Å². The molecule has 0 atom stereocenters. The van der Waals surface area contributed by atoms with Gasteiger partial charge in [-0.05, 0) is 19.9 Å². The van der Waals surface area contributed by atoms with Gasteiger partial charge < -0.3 is 4.42 Å². The number of aromatic nitrogens is 2. The Hall–Kier alpha value is -3.11. The first kappa shape index (κ1) is 19.2. The second-order valence-corrected chi connectivity index (χ2v) is 8.18. The van der Waals surface area contributed by atoms with Crippen molar-refractivity contribution < 1.29 is 22.6 Å². The Bertz CT molecular complexity index is 1030. The molecule has 0 saturated heterocycles. The summed E-state index contributed by atoms with van der Waals surface area (Å²) in [5, 5.41) is 20.6. The molecule has 136 valence electrons. The lowest BCUT2D eigenvalue weighted by Gasteiger charge is -2.01. The summed E-state index contributed by atoms with van der Waals surface area (Å²) in [6, 6.07) is 3.92. The normalized spacial score (nSPS) is 12.0. The Kier molecular flexibility index (Phi) is 5.48. The van der Waals surface area contributed by atoms with Crippen LogP contribution in [0.25, 0.3) is 6.08 Å². The van der Waals surface area contributed by atoms with E-state index in [1.807, 2.05) is 0 Å². The van der Waals surface area contributed by atoms with E-state index in [9.17, 15) is 23.3 Å². The number of sulfone groups is 1. The minimum Gasteiger partial charge on any atom is -0.401 e. The highest BCUT2D eigenvalue weighted by molar-refractivity contribution is 7.91. The number of anilines is 1. The minimum atomic E-state index is -3.69. The lowest BCUT2D eigenvalue weighted by molar-refractivity contribution is -0.402. The molecule has 1 N–H and O–H groups in total. The largest absolute Gasteiger partial charge is 0.433 e. The average Bonchev–Trinajstić information content (AvgIpc) is 3.21. The van der Waals surface area contributed by atoms with Crippen LogP contribution in [-0.4, -0.2) is 33.9 Å². The fourth-order valence-corrected chi connectivity index (χ4v) is 3.26. The van der Waals surface area contributed by atoms with Gasteiger partial charge in [0.1, 0.15) is 22.3 Å². The summed E-state index contributed by atoms with van der Waals surface area (Å²) in [7, 11) is -3.69. The summed E-state index contributed by atoms with van der Waals surface area (Å²) in [6.45, 7) is 2.93. The summed E-state index contributed by atoms with van der Waals surface area (Å²) >= 11 is 0.643. The van der Waals surface area contributed by atoms with Crippen LogP contribution in [0.15, 0.2) is 27.3 Å². The molecule has 13 heteroatoms. The molecular weight excluding hydrogens is 386 g/mol. The fourth-order valence-electron chi connectivity index (χ4n) is 1.56. The number of nitro groups is 1. The van der Waals surface area contributed by atoms with Crippen LogP contribution in [0.1, 0.15) is 19.6 Å². The lowest BCUT2D eigenvalue weighted by Crippen LogP contribution is -2.16. The van der Waals surface area contributed by atoms with Crippen molar-refractivity contribution >= 4 is 44.4 Å². The summed E-state index contributed by atoms with van der Waals surface area (Å²) in [5.41, 5.74) is -0.419. The van der Waals surface area contributed by atoms with Gasteiger partial charge in [-0.3, -0.25) is 20.2 Å². The summed E-state index contributed by atoms with van der Waals surface area (Å²) in [4.78, 5) is 25.6. The molecule has 0 saturated carbocycles. The van der Waals surface area contributed by atoms with E-state index in [1.165, 1.54) is 19.9 Å². The Morgan fingerprint density at radius 1 is 1.50 bits per heavy atom. The predicted octanol–water partition coefficient (Wildman–Crippen LogP) is 1.77. The van der Waals surface area contributed by atoms with Crippen LogP contribution in [0.2, 0.25) is 0 Å². The average molecular weight is 397 g/mol. The summed E-state index contributed by atoms with van der Waals surface area (Å²) in [5.74, 6) is -1.50. The number of carbonyl (C=O) groups is 1. The maximum absolute atomic E-state index is 12.1. The van der Waals surface area contributed by atoms with E-state index in [1.54, 1.807) is 6.07 Å². The quantitative estimate of drug-likeness (QED) is 0.330. The first-order valence-electron chi connectivity index (χ1n) is 6.90. The molecule has 0 aliphatic heterocycles. The first-order chi connectivity index (χ1) is 12.1. The Morgan fingerprint density at radius 2 is 2.19 bits per heavy atom. The van der Waals surface area contributed by atoms with Gasteiger partial charge in [-0.15, -0.1) is 0 Å². The third kappa shape index (κ3) is 4.10. The molecule has 0 aliphatic carbocycles. The van der Waals surface area contributed by atoms with E-state index in [-0.39, 0.29) is 10.9 Å². The van der Waals surface area contributed by atoms with Gasteiger partial charge in [-0.1, -0.05) is 0 Å². The number of hydrogen-bond donors (Lipinski definition) is 1. The highest BCUT2D eigenvalue weighted by atomic mass is 32.2. The van der Waals surface area contributed by atoms with Gasteiger partial charge in [-0.2, -0.15) is 14.6 Å². The first-order valence-corrected chi connectivity index (χ1v) is 9.22. The van der Waals surface area contributed by atoms with Crippen LogP contribution in [-0.2, 0) is 14.6 Å². The third-order valence-electron chi connectivity index (χ3n) is 2.95. The molecule has 2 aromatic rings. The molecule has 0 fully saturated rings. The summed E-state index contributed by atoms with van der Waals surface area (Å²) in [6.07, 6.45) is 1.01. The van der Waals surface area contributed by atoms with E-state index >= 15 is 0 Å². The van der Waals surface area contributed by atoms with Gasteiger partial charge in [-0.25, -0.2) is 8.42 Å². The van der Waals surface area contributed by atoms with E-state index < -0.39 is 42.5 Å². The molecule has 11 nitrogen and oxygen atoms in total. The zero-order valence-electron chi connectivity index (χ0n) is 13.4. The molecular formula is C13H11N5O6S2. The van der Waals surface area contributed by atoms with Crippen molar-refractivity contribution in [2.75, 3.05) is 5.32 Å². The van der Waals surface area contributed by atoms with Crippen molar-refractivity contribution in [3.05, 3.63) is 33.6 Å². The third-order valence-corrected chi connectivity index (χ3v) is 5.63. The maximum atomic E-state index is 12.1. The van der Waals surface area contributed by atoms with Gasteiger partial charge in [0, 0.05) is 17.6 Å². The molecule has 0 spiro atoms. The number of nitrogens with zero attached hydrogens (tertiary/aromatic N) is 4. The number of nitriles is 1. The van der Waals surface area contributed by atoms with Crippen LogP contribution in [0.5, 0.6) is 0 Å². The Labute approximate surface area is 151 Å². The standard InChI is InChI=1S/C13H11N5O6S2/c1-7(2)26(22,23)13-16-12(25-17-13)15-11(19)8(6-14)5-9-3-4-10(24-9)18(20)21/h3-5,7H,1-2H3,(H,15,16,17,19)/b8-5-. The lowest BCUT2D eigenvalue weighted by atomic mass is 10.2. The molecule has 0 unspecified atom stereocenters. The van der Waals surface area contributed by atoms with Crippen LogP contribution < -0.4 is 5.32 Å². The van der Waals surface area contributed by atoms with Crippen molar-refractivity contribution in [3.8, 4) is 6.07 Å². The van der Waals surface area contributed by atoms with Gasteiger partial charge in [0.2, 0.25) is 15.0 Å². The highest BCUT2D eigenvalue weighted by Gasteiger charge is 2.25. The summed E-state index contributed by atoms with van der Waals surface area (Å²) < 4.78 is 32.4. The molecule has 0 bridgehead atoms. The van der Waals surface area contributed by atoms with Gasteiger partial charge in [0.05, 0.1) is 11.3 Å². The number of amides is 1. The smallest absolute Gasteiger partial charge is 0.401 e. The van der Waals surface area contributed by atoms with Crippen LogP contribution in [0.4, 0.5) is 11.0 Å². The highest BCUT2D eigenvalue weighted by Crippen LogP contribution is 2.21. The molecule has 2 heterocycles. The topological polar surface area (TPSA) is 169 Å². The zero-order valence-corrected chi connectivity index (χ0v) is 15.0. The van der Waals surface area contributed by atoms with Crippen molar-refractivity contribution in [3.63, 3.8) is 0 Å². The number of nitrogens with one attached hydrogen (secondary N) is 1.